The highest BCUT2D eigenvalue weighted by molar-refractivity contribution is 7.91. The van der Waals surface area contributed by atoms with Crippen molar-refractivity contribution in [3.05, 3.63) is 11.2 Å². The van der Waals surface area contributed by atoms with Crippen molar-refractivity contribution in [2.75, 3.05) is 19.8 Å². The summed E-state index contributed by atoms with van der Waals surface area (Å²) in [6.07, 6.45) is -0.721. The molecule has 114 valence electrons. The topological polar surface area (TPSA) is 115 Å². The van der Waals surface area contributed by atoms with E-state index in [2.05, 4.69) is 9.71 Å². The van der Waals surface area contributed by atoms with Crippen molar-refractivity contribution in [3.63, 3.8) is 0 Å². The summed E-state index contributed by atoms with van der Waals surface area (Å²) < 4.78 is 36.3. The Morgan fingerprint density at radius 2 is 2.05 bits per heavy atom. The third kappa shape index (κ3) is 4.49. The van der Waals surface area contributed by atoms with Crippen molar-refractivity contribution in [1.82, 2.24) is 9.71 Å². The van der Waals surface area contributed by atoms with Crippen molar-refractivity contribution >= 4 is 27.3 Å². The number of sulfonamides is 1. The zero-order chi connectivity index (χ0) is 15.2. The van der Waals surface area contributed by atoms with Crippen molar-refractivity contribution < 1.29 is 27.8 Å². The highest BCUT2D eigenvalue weighted by Gasteiger charge is 2.26. The van der Waals surface area contributed by atoms with Gasteiger partial charge in [0.1, 0.15) is 0 Å². The SMILES string of the molecule is CCOC(CNS(=O)(=O)c1scnc1C(=O)O)OCC. The molecular formula is C10H16N2O6S2. The number of rotatable bonds is 9. The van der Waals surface area contributed by atoms with Crippen LogP contribution >= 0.6 is 11.3 Å². The predicted molar refractivity (Wildman–Crippen MR) is 71.3 cm³/mol. The summed E-state index contributed by atoms with van der Waals surface area (Å²) >= 11 is 0.739. The molecule has 0 unspecified atom stereocenters. The summed E-state index contributed by atoms with van der Waals surface area (Å²) in [5, 5.41) is 8.87. The summed E-state index contributed by atoms with van der Waals surface area (Å²) in [4.78, 5) is 14.4. The molecule has 0 saturated carbocycles. The second-order valence-corrected chi connectivity index (χ2v) is 6.30. The molecule has 1 heterocycles. The minimum atomic E-state index is -3.96. The summed E-state index contributed by atoms with van der Waals surface area (Å²) in [6.45, 7) is 4.14. The first-order valence-corrected chi connectivity index (χ1v) is 8.18. The lowest BCUT2D eigenvalue weighted by molar-refractivity contribution is -0.130. The normalized spacial score (nSPS) is 11.9. The van der Waals surface area contributed by atoms with E-state index >= 15 is 0 Å². The Kier molecular flexibility index (Phi) is 6.49. The number of hydrogen-bond donors (Lipinski definition) is 2. The average Bonchev–Trinajstić information content (AvgIpc) is 2.87. The van der Waals surface area contributed by atoms with Gasteiger partial charge in [0.05, 0.1) is 12.1 Å². The summed E-state index contributed by atoms with van der Waals surface area (Å²) in [5.74, 6) is -1.39. The maximum atomic E-state index is 12.0. The lowest BCUT2D eigenvalue weighted by atomic mass is 10.5. The summed E-state index contributed by atoms with van der Waals surface area (Å²) in [6, 6.07) is 0. The molecule has 10 heteroatoms. The Labute approximate surface area is 120 Å². The molecule has 0 radical (unpaired) electrons. The van der Waals surface area contributed by atoms with E-state index in [0.29, 0.717) is 13.2 Å². The third-order valence-corrected chi connectivity index (χ3v) is 4.92. The van der Waals surface area contributed by atoms with E-state index in [-0.39, 0.29) is 10.8 Å². The molecular weight excluding hydrogens is 308 g/mol. The van der Waals surface area contributed by atoms with Crippen LogP contribution in [0.15, 0.2) is 9.72 Å². The van der Waals surface area contributed by atoms with E-state index < -0.39 is 28.0 Å². The number of nitrogens with zero attached hydrogens (tertiary/aromatic N) is 1. The van der Waals surface area contributed by atoms with E-state index in [1.165, 1.54) is 5.51 Å². The summed E-state index contributed by atoms with van der Waals surface area (Å²) in [5.41, 5.74) is 0.674. The average molecular weight is 324 g/mol. The number of ether oxygens (including phenoxy) is 2. The maximum Gasteiger partial charge on any atom is 0.356 e. The molecule has 0 atom stereocenters. The number of thiazole rings is 1. The van der Waals surface area contributed by atoms with Gasteiger partial charge < -0.3 is 14.6 Å². The molecule has 1 rings (SSSR count). The first kappa shape index (κ1) is 17.0. The molecule has 0 saturated heterocycles. The van der Waals surface area contributed by atoms with E-state index in [9.17, 15) is 13.2 Å². The molecule has 0 aliphatic heterocycles. The van der Waals surface area contributed by atoms with Gasteiger partial charge in [-0.25, -0.2) is 22.9 Å². The standard InChI is InChI=1S/C10H16N2O6S2/c1-3-17-7(18-4-2)5-12-20(15,16)10-8(9(13)14)11-6-19-10/h6-7,12H,3-5H2,1-2H3,(H,13,14). The number of aromatic carboxylic acids is 1. The fourth-order valence-electron chi connectivity index (χ4n) is 1.35. The highest BCUT2D eigenvalue weighted by atomic mass is 32.2. The Morgan fingerprint density at radius 3 is 2.55 bits per heavy atom. The number of carboxylic acids is 1. The van der Waals surface area contributed by atoms with Gasteiger partial charge in [-0.1, -0.05) is 0 Å². The predicted octanol–water partition coefficient (Wildman–Crippen LogP) is 0.519. The molecule has 20 heavy (non-hydrogen) atoms. The zero-order valence-electron chi connectivity index (χ0n) is 11.0. The third-order valence-electron chi connectivity index (χ3n) is 2.13. The monoisotopic (exact) mass is 324 g/mol. The number of nitrogens with one attached hydrogen (secondary N) is 1. The van der Waals surface area contributed by atoms with Crippen LogP contribution in [0.2, 0.25) is 0 Å². The minimum absolute atomic E-state index is 0.110. The van der Waals surface area contributed by atoms with Gasteiger partial charge in [0.25, 0.3) is 10.0 Å². The number of carbonyl (C=O) groups is 1. The Balaban J connectivity index is 2.79. The molecule has 0 aliphatic rings. The fraction of sp³-hybridized carbons (Fsp3) is 0.600. The molecule has 0 fully saturated rings. The maximum absolute atomic E-state index is 12.0. The van der Waals surface area contributed by atoms with Gasteiger partial charge in [0, 0.05) is 13.2 Å². The number of aromatic nitrogens is 1. The van der Waals surface area contributed by atoms with Gasteiger partial charge in [-0.15, -0.1) is 11.3 Å². The van der Waals surface area contributed by atoms with Crippen LogP contribution in [0.4, 0.5) is 0 Å². The molecule has 1 aromatic rings. The zero-order valence-corrected chi connectivity index (χ0v) is 12.7. The van der Waals surface area contributed by atoms with Gasteiger partial charge >= 0.3 is 5.97 Å². The highest BCUT2D eigenvalue weighted by Crippen LogP contribution is 2.19. The number of carboxylic acid groups (broad SMARTS) is 1. The Bertz CT molecular complexity index is 536. The van der Waals surface area contributed by atoms with Crippen LogP contribution in [-0.4, -0.2) is 50.5 Å². The Hall–Kier alpha value is -1.07. The van der Waals surface area contributed by atoms with Crippen molar-refractivity contribution in [2.24, 2.45) is 0 Å². The molecule has 0 amide bonds. The van der Waals surface area contributed by atoms with Gasteiger partial charge in [-0.3, -0.25) is 0 Å². The van der Waals surface area contributed by atoms with Crippen LogP contribution < -0.4 is 4.72 Å². The minimum Gasteiger partial charge on any atom is -0.476 e. The van der Waals surface area contributed by atoms with Gasteiger partial charge in [-0.2, -0.15) is 0 Å². The van der Waals surface area contributed by atoms with Crippen LogP contribution in [-0.2, 0) is 19.5 Å². The molecule has 8 nitrogen and oxygen atoms in total. The second kappa shape index (κ2) is 7.64. The van der Waals surface area contributed by atoms with E-state index in [1.54, 1.807) is 13.8 Å². The molecule has 0 spiro atoms. The van der Waals surface area contributed by atoms with E-state index in [4.69, 9.17) is 14.6 Å². The molecule has 1 aromatic heterocycles. The largest absolute Gasteiger partial charge is 0.476 e. The van der Waals surface area contributed by atoms with Crippen LogP contribution in [0.3, 0.4) is 0 Å². The van der Waals surface area contributed by atoms with Crippen LogP contribution in [0.5, 0.6) is 0 Å². The van der Waals surface area contributed by atoms with Crippen LogP contribution in [0.1, 0.15) is 24.3 Å². The van der Waals surface area contributed by atoms with E-state index in [0.717, 1.165) is 11.3 Å². The van der Waals surface area contributed by atoms with Gasteiger partial charge in [0.2, 0.25) is 0 Å². The molecule has 0 bridgehead atoms. The van der Waals surface area contributed by atoms with Crippen molar-refractivity contribution in [3.8, 4) is 0 Å². The van der Waals surface area contributed by atoms with Crippen LogP contribution in [0, 0.1) is 0 Å². The first-order valence-electron chi connectivity index (χ1n) is 5.82. The van der Waals surface area contributed by atoms with Crippen molar-refractivity contribution in [1.29, 1.82) is 0 Å². The van der Waals surface area contributed by atoms with E-state index in [1.807, 2.05) is 0 Å². The first-order chi connectivity index (χ1) is 9.42. The second-order valence-electron chi connectivity index (χ2n) is 3.49. The Morgan fingerprint density at radius 1 is 1.45 bits per heavy atom. The number of hydrogen-bond acceptors (Lipinski definition) is 7. The smallest absolute Gasteiger partial charge is 0.356 e. The molecule has 0 aliphatic carbocycles. The van der Waals surface area contributed by atoms with Crippen LogP contribution in [0.25, 0.3) is 0 Å². The van der Waals surface area contributed by atoms with Gasteiger partial charge in [-0.05, 0) is 13.8 Å². The quantitative estimate of drug-likeness (QED) is 0.636. The lowest BCUT2D eigenvalue weighted by Gasteiger charge is -2.17. The molecule has 0 aromatic carbocycles. The fourth-order valence-corrected chi connectivity index (χ4v) is 3.55. The lowest BCUT2D eigenvalue weighted by Crippen LogP contribution is -2.35. The molecule has 2 N–H and O–H groups in total. The summed E-state index contributed by atoms with van der Waals surface area (Å²) in [7, 11) is -3.96. The van der Waals surface area contributed by atoms with Gasteiger partial charge in [0.15, 0.2) is 16.2 Å². The van der Waals surface area contributed by atoms with Crippen molar-refractivity contribution in [2.45, 2.75) is 24.3 Å².